The van der Waals surface area contributed by atoms with Crippen molar-refractivity contribution in [3.05, 3.63) is 83.6 Å². The molecule has 0 spiro atoms. The van der Waals surface area contributed by atoms with Crippen LogP contribution in [0.15, 0.2) is 72.5 Å². The van der Waals surface area contributed by atoms with Gasteiger partial charge in [0, 0.05) is 47.6 Å². The van der Waals surface area contributed by atoms with Crippen LogP contribution in [-0.4, -0.2) is 36.2 Å². The smallest absolute Gasteiger partial charge is 0.211 e. The molecule has 0 atom stereocenters. The molecule has 1 aliphatic rings. The lowest BCUT2D eigenvalue weighted by atomic mass is 9.75. The topological polar surface area (TPSA) is 126 Å². The van der Waals surface area contributed by atoms with Crippen LogP contribution in [0.5, 0.6) is 5.75 Å². The predicted octanol–water partition coefficient (Wildman–Crippen LogP) is 4.92. The number of rotatable bonds is 8. The monoisotopic (exact) mass is 500 g/mol. The van der Waals surface area contributed by atoms with Crippen LogP contribution in [0.1, 0.15) is 44.2 Å². The van der Waals surface area contributed by atoms with Crippen LogP contribution < -0.4 is 21.1 Å². The number of hydrogen-bond donors (Lipinski definition) is 4. The Morgan fingerprint density at radius 3 is 2.62 bits per heavy atom. The van der Waals surface area contributed by atoms with E-state index in [2.05, 4.69) is 34.4 Å². The highest BCUT2D eigenvalue weighted by molar-refractivity contribution is 6.12. The second-order valence-corrected chi connectivity index (χ2v) is 9.79. The van der Waals surface area contributed by atoms with E-state index in [0.29, 0.717) is 29.1 Å². The zero-order chi connectivity index (χ0) is 26.8. The van der Waals surface area contributed by atoms with E-state index in [0.717, 1.165) is 48.2 Å². The van der Waals surface area contributed by atoms with Gasteiger partial charge in [-0.05, 0) is 78.8 Å². The van der Waals surface area contributed by atoms with Crippen LogP contribution in [0.4, 0.5) is 5.69 Å². The van der Waals surface area contributed by atoms with Gasteiger partial charge in [0.15, 0.2) is 0 Å². The van der Waals surface area contributed by atoms with Crippen molar-refractivity contribution in [3.63, 3.8) is 0 Å². The molecule has 0 aliphatic heterocycles. The molecule has 2 aromatic heterocycles. The first-order valence-electron chi connectivity index (χ1n) is 12.2. The van der Waals surface area contributed by atoms with Crippen molar-refractivity contribution in [3.8, 4) is 16.9 Å². The molecule has 8 heteroatoms. The minimum atomic E-state index is 0.159. The summed E-state index contributed by atoms with van der Waals surface area (Å²) in [6, 6.07) is 11.4. The van der Waals surface area contributed by atoms with Crippen LogP contribution in [0.25, 0.3) is 11.1 Å². The molecule has 5 N–H and O–H groups in total. The number of ether oxygens (including phenoxy) is 1. The number of carbonyl (C=O) groups excluding carboxylic acids is 1. The summed E-state index contributed by atoms with van der Waals surface area (Å²) in [5.41, 5.74) is 12.8. The van der Waals surface area contributed by atoms with Crippen molar-refractivity contribution in [2.24, 2.45) is 11.1 Å². The number of pyridine rings is 2. The second kappa shape index (κ2) is 12.8. The Labute approximate surface area is 218 Å². The number of nitrogens with one attached hydrogen (secondary N) is 3. The molecular weight excluding hydrogens is 464 g/mol. The fourth-order valence-electron chi connectivity index (χ4n) is 4.28. The molecule has 0 saturated carbocycles. The maximum absolute atomic E-state index is 11.0. The highest BCUT2D eigenvalue weighted by atomic mass is 16.5. The van der Waals surface area contributed by atoms with Gasteiger partial charge in [-0.1, -0.05) is 19.9 Å². The molecular formula is C29H36N6O2. The Hall–Kier alpha value is -4.04. The van der Waals surface area contributed by atoms with E-state index in [1.807, 2.05) is 43.6 Å². The summed E-state index contributed by atoms with van der Waals surface area (Å²) in [4.78, 5) is 19.2. The van der Waals surface area contributed by atoms with Gasteiger partial charge < -0.3 is 21.1 Å². The summed E-state index contributed by atoms with van der Waals surface area (Å²) in [6.07, 6.45) is 10.2. The maximum Gasteiger partial charge on any atom is 0.211 e. The third-order valence-electron chi connectivity index (χ3n) is 6.24. The lowest BCUT2D eigenvalue weighted by molar-refractivity contribution is -0.105. The van der Waals surface area contributed by atoms with E-state index >= 15 is 0 Å². The number of anilines is 1. The van der Waals surface area contributed by atoms with E-state index < -0.39 is 0 Å². The van der Waals surface area contributed by atoms with E-state index in [1.165, 1.54) is 5.56 Å². The van der Waals surface area contributed by atoms with E-state index in [4.69, 9.17) is 15.9 Å². The van der Waals surface area contributed by atoms with Gasteiger partial charge in [0.25, 0.3) is 0 Å². The number of hydrogen-bond acceptors (Lipinski definition) is 7. The van der Waals surface area contributed by atoms with Crippen molar-refractivity contribution in [2.75, 3.05) is 19.5 Å². The third-order valence-corrected chi connectivity index (χ3v) is 6.24. The van der Waals surface area contributed by atoms with Crippen molar-refractivity contribution in [2.45, 2.75) is 39.7 Å². The number of benzene rings is 1. The second-order valence-electron chi connectivity index (χ2n) is 9.79. The van der Waals surface area contributed by atoms with Crippen molar-refractivity contribution in [1.29, 1.82) is 5.41 Å². The fourth-order valence-corrected chi connectivity index (χ4v) is 4.28. The predicted molar refractivity (Wildman–Crippen MR) is 149 cm³/mol. The molecule has 37 heavy (non-hydrogen) atoms. The van der Waals surface area contributed by atoms with E-state index in [1.54, 1.807) is 31.8 Å². The minimum Gasteiger partial charge on any atom is -0.495 e. The Morgan fingerprint density at radius 2 is 1.97 bits per heavy atom. The van der Waals surface area contributed by atoms with Crippen LogP contribution in [0.3, 0.4) is 0 Å². The number of carbonyl (C=O) groups is 1. The molecule has 3 aromatic rings. The molecule has 194 valence electrons. The van der Waals surface area contributed by atoms with Crippen LogP contribution in [0.2, 0.25) is 0 Å². The highest BCUT2D eigenvalue weighted by Gasteiger charge is 2.28. The Kier molecular flexibility index (Phi) is 9.51. The number of allylic oxidation sites excluding steroid dienone is 2. The SMILES string of the molecule is CNCc1cccnc1.COc1cncc(-c2cc(NC=O)cc(C(=N)C3=C(N)CC(C)(C)CC3)c2)c1. The first-order valence-corrected chi connectivity index (χ1v) is 12.2. The molecule has 1 amide bonds. The van der Waals surface area contributed by atoms with Crippen molar-refractivity contribution in [1.82, 2.24) is 15.3 Å². The maximum atomic E-state index is 11.0. The molecule has 1 aliphatic carbocycles. The molecule has 0 unspecified atom stereocenters. The van der Waals surface area contributed by atoms with E-state index in [9.17, 15) is 4.79 Å². The number of methoxy groups -OCH3 is 1. The Morgan fingerprint density at radius 1 is 1.16 bits per heavy atom. The lowest BCUT2D eigenvalue weighted by Gasteiger charge is -2.32. The average molecular weight is 501 g/mol. The minimum absolute atomic E-state index is 0.159. The molecule has 0 radical (unpaired) electrons. The van der Waals surface area contributed by atoms with Gasteiger partial charge in [-0.2, -0.15) is 0 Å². The van der Waals surface area contributed by atoms with Crippen LogP contribution in [-0.2, 0) is 11.3 Å². The summed E-state index contributed by atoms with van der Waals surface area (Å²) >= 11 is 0. The average Bonchev–Trinajstić information content (AvgIpc) is 2.89. The summed E-state index contributed by atoms with van der Waals surface area (Å²) in [7, 11) is 3.51. The lowest BCUT2D eigenvalue weighted by Crippen LogP contribution is -2.25. The molecule has 1 aromatic carbocycles. The van der Waals surface area contributed by atoms with E-state index in [-0.39, 0.29) is 5.41 Å². The van der Waals surface area contributed by atoms with Crippen LogP contribution >= 0.6 is 0 Å². The Balaban J connectivity index is 0.000000356. The number of nitrogens with two attached hydrogens (primary N) is 1. The molecule has 0 fully saturated rings. The zero-order valence-corrected chi connectivity index (χ0v) is 22.0. The van der Waals surface area contributed by atoms with Gasteiger partial charge in [-0.15, -0.1) is 0 Å². The number of aromatic nitrogens is 2. The molecule has 4 rings (SSSR count). The van der Waals surface area contributed by atoms with Gasteiger partial charge >= 0.3 is 0 Å². The summed E-state index contributed by atoms with van der Waals surface area (Å²) in [5, 5.41) is 14.5. The number of nitrogens with zero attached hydrogens (tertiary/aromatic N) is 2. The van der Waals surface area contributed by atoms with Gasteiger partial charge in [0.1, 0.15) is 5.75 Å². The molecule has 2 heterocycles. The first-order chi connectivity index (χ1) is 17.8. The van der Waals surface area contributed by atoms with Crippen molar-refractivity contribution < 1.29 is 9.53 Å². The van der Waals surface area contributed by atoms with Crippen molar-refractivity contribution >= 4 is 17.8 Å². The summed E-state index contributed by atoms with van der Waals surface area (Å²) in [5.74, 6) is 0.643. The molecule has 8 nitrogen and oxygen atoms in total. The fraction of sp³-hybridized carbons (Fsp3) is 0.310. The van der Waals surface area contributed by atoms with Crippen LogP contribution in [0, 0.1) is 10.8 Å². The molecule has 0 saturated heterocycles. The standard InChI is InChI=1S/C22H26N4O2.C7H10N2/c1-22(2)5-4-19(20(23)10-22)21(24)15-6-14(7-17(8-15)26-13-27)16-9-18(28-3)12-25-11-16;1-8-5-7-3-2-4-9-6-7/h6-9,11-13,24H,4-5,10,23H2,1-3H3,(H,26,27);2-4,6,8H,5H2,1H3. The van der Waals surface area contributed by atoms with Gasteiger partial charge in [-0.3, -0.25) is 20.2 Å². The normalized spacial score (nSPS) is 14.3. The Bertz CT molecular complexity index is 1250. The summed E-state index contributed by atoms with van der Waals surface area (Å²) in [6.45, 7) is 5.29. The third kappa shape index (κ3) is 7.72. The quantitative estimate of drug-likeness (QED) is 0.257. The van der Waals surface area contributed by atoms with Gasteiger partial charge in [0.2, 0.25) is 6.41 Å². The van der Waals surface area contributed by atoms with Gasteiger partial charge in [-0.25, -0.2) is 0 Å². The highest BCUT2D eigenvalue weighted by Crippen LogP contribution is 2.38. The number of amides is 1. The molecule has 0 bridgehead atoms. The summed E-state index contributed by atoms with van der Waals surface area (Å²) < 4.78 is 5.26. The first kappa shape index (κ1) is 27.5. The van der Waals surface area contributed by atoms with Gasteiger partial charge in [0.05, 0.1) is 19.0 Å². The largest absolute Gasteiger partial charge is 0.495 e. The zero-order valence-electron chi connectivity index (χ0n) is 22.0.